The van der Waals surface area contributed by atoms with Crippen LogP contribution >= 0.6 is 11.3 Å². The molecule has 1 amide bonds. The maximum atomic E-state index is 11.7. The summed E-state index contributed by atoms with van der Waals surface area (Å²) in [7, 11) is 0. The maximum absolute atomic E-state index is 11.7. The minimum absolute atomic E-state index is 0.283. The van der Waals surface area contributed by atoms with E-state index in [1.165, 1.54) is 18.3 Å². The number of thiophene rings is 1. The number of hydrogen-bond acceptors (Lipinski definition) is 7. The molecule has 0 aliphatic heterocycles. The van der Waals surface area contributed by atoms with Gasteiger partial charge in [-0.3, -0.25) is 4.79 Å². The van der Waals surface area contributed by atoms with Gasteiger partial charge < -0.3 is 15.5 Å². The number of carboxylic acid groups (broad SMARTS) is 1. The molecule has 0 spiro atoms. The van der Waals surface area contributed by atoms with E-state index in [0.717, 1.165) is 9.67 Å². The van der Waals surface area contributed by atoms with Gasteiger partial charge in [-0.2, -0.15) is 4.80 Å². The number of carbonyl (C=O) groups is 2. The Morgan fingerprint density at radius 1 is 1.52 bits per heavy atom. The number of carbonyl (C=O) groups excluding carboxylic acids is 1. The van der Waals surface area contributed by atoms with Crippen molar-refractivity contribution in [2.45, 2.75) is 25.6 Å². The molecule has 2 rings (SSSR count). The van der Waals surface area contributed by atoms with Crippen molar-refractivity contribution >= 4 is 23.2 Å². The van der Waals surface area contributed by atoms with Gasteiger partial charge >= 0.3 is 5.97 Å². The molecule has 2 aromatic heterocycles. The lowest BCUT2D eigenvalue weighted by molar-refractivity contribution is -0.144. The second-order valence-electron chi connectivity index (χ2n) is 4.24. The maximum Gasteiger partial charge on any atom is 0.328 e. The Morgan fingerprint density at radius 2 is 2.29 bits per heavy atom. The van der Waals surface area contributed by atoms with Crippen LogP contribution in [0, 0.1) is 0 Å². The summed E-state index contributed by atoms with van der Waals surface area (Å²) in [6.07, 6.45) is -1.21. The third-order valence-electron chi connectivity index (χ3n) is 2.54. The summed E-state index contributed by atoms with van der Waals surface area (Å²) in [5, 5.41) is 33.8. The van der Waals surface area contributed by atoms with Crippen molar-refractivity contribution < 1.29 is 19.8 Å². The molecule has 3 N–H and O–H groups in total. The zero-order valence-electron chi connectivity index (χ0n) is 11.0. The van der Waals surface area contributed by atoms with E-state index >= 15 is 0 Å². The summed E-state index contributed by atoms with van der Waals surface area (Å²) >= 11 is 1.44. The van der Waals surface area contributed by atoms with E-state index in [9.17, 15) is 14.7 Å². The molecule has 0 saturated carbocycles. The minimum Gasteiger partial charge on any atom is -0.480 e. The van der Waals surface area contributed by atoms with Gasteiger partial charge in [0.1, 0.15) is 6.54 Å². The van der Waals surface area contributed by atoms with Crippen molar-refractivity contribution in [1.29, 1.82) is 0 Å². The molecule has 10 heteroatoms. The molecular formula is C11H13N5O4S. The normalized spacial score (nSPS) is 13.6. The highest BCUT2D eigenvalue weighted by Gasteiger charge is 2.25. The van der Waals surface area contributed by atoms with Crippen molar-refractivity contribution in [3.05, 3.63) is 17.5 Å². The number of aliphatic carboxylic acids is 1. The van der Waals surface area contributed by atoms with Crippen LogP contribution in [-0.4, -0.2) is 54.4 Å². The number of tetrazole rings is 1. The zero-order chi connectivity index (χ0) is 15.4. The molecule has 0 aliphatic rings. The van der Waals surface area contributed by atoms with Gasteiger partial charge in [-0.05, 0) is 23.6 Å². The fourth-order valence-corrected chi connectivity index (χ4v) is 2.20. The number of hydrogen-bond donors (Lipinski definition) is 3. The molecule has 0 fully saturated rings. The van der Waals surface area contributed by atoms with Crippen LogP contribution < -0.4 is 5.32 Å². The Kier molecular flexibility index (Phi) is 4.60. The molecule has 21 heavy (non-hydrogen) atoms. The van der Waals surface area contributed by atoms with Crippen LogP contribution in [0.15, 0.2) is 17.5 Å². The molecule has 2 aromatic rings. The molecule has 0 unspecified atom stereocenters. The van der Waals surface area contributed by atoms with Crippen LogP contribution in [0.3, 0.4) is 0 Å². The topological polar surface area (TPSA) is 130 Å². The molecule has 9 nitrogen and oxygen atoms in total. The zero-order valence-corrected chi connectivity index (χ0v) is 11.8. The third-order valence-corrected chi connectivity index (χ3v) is 3.41. The fourth-order valence-electron chi connectivity index (χ4n) is 1.55. The van der Waals surface area contributed by atoms with Crippen molar-refractivity contribution in [2.24, 2.45) is 0 Å². The van der Waals surface area contributed by atoms with E-state index in [-0.39, 0.29) is 6.54 Å². The number of carboxylic acids is 1. The first-order valence-electron chi connectivity index (χ1n) is 5.99. The summed E-state index contributed by atoms with van der Waals surface area (Å²) < 4.78 is 0. The molecule has 112 valence electrons. The SMILES string of the molecule is C[C@@H](O)[C@H](NC(=O)Cn1nnc(-c2cccs2)n1)C(=O)O. The predicted molar refractivity (Wildman–Crippen MR) is 72.4 cm³/mol. The van der Waals surface area contributed by atoms with Gasteiger partial charge in [0.05, 0.1) is 11.0 Å². The lowest BCUT2D eigenvalue weighted by Crippen LogP contribution is -2.48. The van der Waals surface area contributed by atoms with Gasteiger partial charge in [0.2, 0.25) is 11.7 Å². The fraction of sp³-hybridized carbons (Fsp3) is 0.364. The first-order valence-corrected chi connectivity index (χ1v) is 6.87. The number of nitrogens with one attached hydrogen (secondary N) is 1. The van der Waals surface area contributed by atoms with Crippen molar-refractivity contribution in [3.63, 3.8) is 0 Å². The van der Waals surface area contributed by atoms with E-state index < -0.39 is 24.0 Å². The van der Waals surface area contributed by atoms with Gasteiger partial charge in [0, 0.05) is 0 Å². The second-order valence-corrected chi connectivity index (χ2v) is 5.19. The number of nitrogens with zero attached hydrogens (tertiary/aromatic N) is 4. The van der Waals surface area contributed by atoms with Gasteiger partial charge in [-0.25, -0.2) is 4.79 Å². The van der Waals surface area contributed by atoms with Crippen LogP contribution in [0.1, 0.15) is 6.92 Å². The highest BCUT2D eigenvalue weighted by molar-refractivity contribution is 7.13. The monoisotopic (exact) mass is 311 g/mol. The Bertz CT molecular complexity index is 624. The molecular weight excluding hydrogens is 298 g/mol. The Labute approximate surface area is 123 Å². The predicted octanol–water partition coefficient (Wildman–Crippen LogP) is -0.648. The van der Waals surface area contributed by atoms with Crippen LogP contribution in [0.4, 0.5) is 0 Å². The van der Waals surface area contributed by atoms with E-state index in [1.807, 2.05) is 17.5 Å². The Hall–Kier alpha value is -2.33. The quantitative estimate of drug-likeness (QED) is 0.646. The third kappa shape index (κ3) is 3.83. The molecule has 0 radical (unpaired) electrons. The van der Waals surface area contributed by atoms with Gasteiger partial charge in [0.25, 0.3) is 0 Å². The van der Waals surface area contributed by atoms with E-state index in [2.05, 4.69) is 20.7 Å². The number of aliphatic hydroxyl groups excluding tert-OH is 1. The lowest BCUT2D eigenvalue weighted by atomic mass is 10.2. The molecule has 2 heterocycles. The van der Waals surface area contributed by atoms with Crippen LogP contribution in [0.2, 0.25) is 0 Å². The number of amides is 1. The average molecular weight is 311 g/mol. The lowest BCUT2D eigenvalue weighted by Gasteiger charge is -2.16. The summed E-state index contributed by atoms with van der Waals surface area (Å²) in [5.74, 6) is -1.55. The summed E-state index contributed by atoms with van der Waals surface area (Å²) in [6, 6.07) is 2.28. The number of aliphatic hydroxyl groups is 1. The molecule has 0 saturated heterocycles. The first kappa shape index (κ1) is 15.1. The first-order chi connectivity index (χ1) is 9.97. The van der Waals surface area contributed by atoms with Gasteiger partial charge in [-0.15, -0.1) is 21.5 Å². The van der Waals surface area contributed by atoms with Crippen LogP contribution in [-0.2, 0) is 16.1 Å². The van der Waals surface area contributed by atoms with E-state index in [0.29, 0.717) is 5.82 Å². The van der Waals surface area contributed by atoms with E-state index in [4.69, 9.17) is 5.11 Å². The Morgan fingerprint density at radius 3 is 2.86 bits per heavy atom. The van der Waals surface area contributed by atoms with E-state index in [1.54, 1.807) is 0 Å². The largest absolute Gasteiger partial charge is 0.480 e. The van der Waals surface area contributed by atoms with Gasteiger partial charge in [0.15, 0.2) is 6.04 Å². The standard InChI is InChI=1S/C11H13N5O4S/c1-6(17)9(11(19)20)12-8(18)5-16-14-10(13-15-16)7-3-2-4-21-7/h2-4,6,9,17H,5H2,1H3,(H,12,18)(H,19,20)/t6-,9+/m1/s1. The molecule has 0 aromatic carbocycles. The Balaban J connectivity index is 1.98. The smallest absolute Gasteiger partial charge is 0.328 e. The number of aromatic nitrogens is 4. The summed E-state index contributed by atoms with van der Waals surface area (Å²) in [5.41, 5.74) is 0. The van der Waals surface area contributed by atoms with Crippen LogP contribution in [0.25, 0.3) is 10.7 Å². The van der Waals surface area contributed by atoms with Crippen LogP contribution in [0.5, 0.6) is 0 Å². The van der Waals surface area contributed by atoms with Gasteiger partial charge in [-0.1, -0.05) is 6.07 Å². The number of rotatable bonds is 6. The highest BCUT2D eigenvalue weighted by Crippen LogP contribution is 2.19. The molecule has 2 atom stereocenters. The summed E-state index contributed by atoms with van der Waals surface area (Å²) in [4.78, 5) is 24.5. The van der Waals surface area contributed by atoms with Crippen molar-refractivity contribution in [3.8, 4) is 10.7 Å². The average Bonchev–Trinajstić information content (AvgIpc) is 3.05. The molecule has 0 bridgehead atoms. The second kappa shape index (κ2) is 6.41. The highest BCUT2D eigenvalue weighted by atomic mass is 32.1. The minimum atomic E-state index is -1.38. The van der Waals surface area contributed by atoms with Crippen molar-refractivity contribution in [1.82, 2.24) is 25.5 Å². The summed E-state index contributed by atoms with van der Waals surface area (Å²) in [6.45, 7) is 0.997. The van der Waals surface area contributed by atoms with Crippen molar-refractivity contribution in [2.75, 3.05) is 0 Å². The molecule has 0 aliphatic carbocycles.